The van der Waals surface area contributed by atoms with E-state index in [-0.39, 0.29) is 11.3 Å². The van der Waals surface area contributed by atoms with Crippen molar-refractivity contribution in [3.8, 4) is 11.5 Å². The van der Waals surface area contributed by atoms with Crippen molar-refractivity contribution < 1.29 is 24.2 Å². The summed E-state index contributed by atoms with van der Waals surface area (Å²) in [4.78, 5) is 33.2. The number of rotatable bonds is 9. The number of benzene rings is 3. The molecule has 1 aromatic heterocycles. The van der Waals surface area contributed by atoms with Gasteiger partial charge in [-0.15, -0.1) is 0 Å². The molecule has 1 N–H and O–H groups in total. The Morgan fingerprint density at radius 3 is 2.54 bits per heavy atom. The molecule has 1 atom stereocenters. The first-order chi connectivity index (χ1) is 18.9. The predicted octanol–water partition coefficient (Wildman–Crippen LogP) is 6.81. The van der Waals surface area contributed by atoms with Crippen LogP contribution >= 0.6 is 11.3 Å². The summed E-state index contributed by atoms with van der Waals surface area (Å²) >= 11 is 1.34. The number of carbonyl (C=O) groups is 2. The summed E-state index contributed by atoms with van der Waals surface area (Å²) in [6, 6.07) is 19.1. The number of carbonyl (C=O) groups excluding carboxylic acids is 2. The topological polar surface area (TPSA) is 89.0 Å². The number of aromatic nitrogens is 1. The summed E-state index contributed by atoms with van der Waals surface area (Å²) in [6.45, 7) is 7.04. The number of aliphatic hydroxyl groups excluding tert-OH is 1. The van der Waals surface area contributed by atoms with Crippen LogP contribution in [0.4, 0.5) is 5.13 Å². The lowest BCUT2D eigenvalue weighted by Crippen LogP contribution is -2.29. The molecule has 4 aromatic rings. The van der Waals surface area contributed by atoms with E-state index in [2.05, 4.69) is 11.9 Å². The molecule has 8 heteroatoms. The van der Waals surface area contributed by atoms with Gasteiger partial charge < -0.3 is 14.6 Å². The summed E-state index contributed by atoms with van der Waals surface area (Å²) in [7, 11) is 0. The fourth-order valence-corrected chi connectivity index (χ4v) is 5.69. The minimum Gasteiger partial charge on any atom is -0.507 e. The smallest absolute Gasteiger partial charge is 0.301 e. The van der Waals surface area contributed by atoms with Gasteiger partial charge in [0.25, 0.3) is 5.78 Å². The van der Waals surface area contributed by atoms with E-state index in [1.165, 1.54) is 16.2 Å². The number of ketones is 1. The minimum atomic E-state index is -0.869. The molecule has 7 nitrogen and oxygen atoms in total. The van der Waals surface area contributed by atoms with Crippen LogP contribution in [0.2, 0.25) is 0 Å². The van der Waals surface area contributed by atoms with Crippen LogP contribution in [0.5, 0.6) is 11.5 Å². The molecule has 200 valence electrons. The molecule has 3 aromatic carbocycles. The lowest BCUT2D eigenvalue weighted by Gasteiger charge is -2.23. The first-order valence-electron chi connectivity index (χ1n) is 13.1. The molecule has 1 amide bonds. The van der Waals surface area contributed by atoms with Gasteiger partial charge in [-0.1, -0.05) is 55.0 Å². The van der Waals surface area contributed by atoms with E-state index in [0.29, 0.717) is 41.0 Å². The van der Waals surface area contributed by atoms with Gasteiger partial charge in [-0.25, -0.2) is 4.98 Å². The second-order valence-corrected chi connectivity index (χ2v) is 10.4. The molecule has 0 spiro atoms. The molecule has 2 heterocycles. The van der Waals surface area contributed by atoms with Crippen molar-refractivity contribution in [1.29, 1.82) is 0 Å². The lowest BCUT2D eigenvalue weighted by molar-refractivity contribution is -0.132. The number of thiazole rings is 1. The Bertz CT molecular complexity index is 1560. The number of Topliss-reactive ketones (excluding diaryl/α,β-unsaturated/α-hetero) is 1. The maximum absolute atomic E-state index is 13.5. The number of amides is 1. The first-order valence-corrected chi connectivity index (χ1v) is 13.9. The third-order valence-electron chi connectivity index (χ3n) is 6.56. The Morgan fingerprint density at radius 1 is 1.00 bits per heavy atom. The zero-order valence-corrected chi connectivity index (χ0v) is 23.0. The summed E-state index contributed by atoms with van der Waals surface area (Å²) in [6.07, 6.45) is 1.90. The standard InChI is InChI=1S/C31H30N2O5S/c1-4-6-16-38-23-9-7-8-21(18-23)28(34)26-27(20-11-13-22(14-12-20)37-5-2)33(30(36)29(26)35)31-32-24-15-10-19(3)17-25(24)39-31/h7-15,17-18,27,34H,4-6,16H2,1-3H3/b28-26+. The van der Waals surface area contributed by atoms with Gasteiger partial charge in [-0.2, -0.15) is 0 Å². The molecule has 1 fully saturated rings. The average molecular weight is 543 g/mol. The first kappa shape index (κ1) is 26.4. The summed E-state index contributed by atoms with van der Waals surface area (Å²) in [5, 5.41) is 11.9. The SMILES string of the molecule is CCCCOc1cccc(/C(O)=C2\C(=O)C(=O)N(c3nc4ccc(C)cc4s3)C2c2ccc(OCC)cc2)c1. The molecule has 0 bridgehead atoms. The Labute approximate surface area is 231 Å². The molecular weight excluding hydrogens is 512 g/mol. The third-order valence-corrected chi connectivity index (χ3v) is 7.58. The van der Waals surface area contributed by atoms with E-state index in [0.717, 1.165) is 28.6 Å². The number of anilines is 1. The molecule has 0 radical (unpaired) electrons. The van der Waals surface area contributed by atoms with Crippen molar-refractivity contribution in [2.45, 2.75) is 39.7 Å². The molecule has 1 saturated heterocycles. The van der Waals surface area contributed by atoms with Crippen molar-refractivity contribution in [2.24, 2.45) is 0 Å². The van der Waals surface area contributed by atoms with Crippen LogP contribution < -0.4 is 14.4 Å². The van der Waals surface area contributed by atoms with Crippen molar-refractivity contribution >= 4 is 44.1 Å². The number of nitrogens with zero attached hydrogens (tertiary/aromatic N) is 2. The Hall–Kier alpha value is -4.17. The average Bonchev–Trinajstić information content (AvgIpc) is 3.46. The number of hydrogen-bond acceptors (Lipinski definition) is 7. The predicted molar refractivity (Wildman–Crippen MR) is 154 cm³/mol. The molecule has 1 unspecified atom stereocenters. The van der Waals surface area contributed by atoms with E-state index >= 15 is 0 Å². The van der Waals surface area contributed by atoms with Gasteiger partial charge in [-0.05, 0) is 67.8 Å². The lowest BCUT2D eigenvalue weighted by atomic mass is 9.95. The van der Waals surface area contributed by atoms with Gasteiger partial charge in [0, 0.05) is 5.56 Å². The van der Waals surface area contributed by atoms with E-state index in [4.69, 9.17) is 9.47 Å². The molecule has 5 rings (SSSR count). The van der Waals surface area contributed by atoms with Crippen LogP contribution in [0.15, 0.2) is 72.3 Å². The van der Waals surface area contributed by atoms with Crippen molar-refractivity contribution in [3.05, 3.63) is 89.0 Å². The Morgan fingerprint density at radius 2 is 1.79 bits per heavy atom. The zero-order chi connectivity index (χ0) is 27.5. The highest BCUT2D eigenvalue weighted by atomic mass is 32.1. The van der Waals surface area contributed by atoms with Crippen LogP contribution in [0.25, 0.3) is 16.0 Å². The Balaban J connectivity index is 1.64. The highest BCUT2D eigenvalue weighted by Gasteiger charge is 2.48. The van der Waals surface area contributed by atoms with Gasteiger partial charge in [0.1, 0.15) is 17.3 Å². The third kappa shape index (κ3) is 5.25. The molecular formula is C31H30N2O5S. The molecule has 0 aliphatic carbocycles. The number of aryl methyl sites for hydroxylation is 1. The van der Waals surface area contributed by atoms with Gasteiger partial charge in [-0.3, -0.25) is 14.5 Å². The maximum atomic E-state index is 13.5. The van der Waals surface area contributed by atoms with Crippen LogP contribution in [-0.2, 0) is 9.59 Å². The van der Waals surface area contributed by atoms with E-state index in [1.807, 2.05) is 44.2 Å². The monoisotopic (exact) mass is 542 g/mol. The van der Waals surface area contributed by atoms with Gasteiger partial charge in [0.05, 0.1) is 35.0 Å². The quantitative estimate of drug-likeness (QED) is 0.108. The number of hydrogen-bond donors (Lipinski definition) is 1. The number of fused-ring (bicyclic) bond motifs is 1. The van der Waals surface area contributed by atoms with Crippen molar-refractivity contribution in [3.63, 3.8) is 0 Å². The van der Waals surface area contributed by atoms with Crippen LogP contribution in [-0.4, -0.2) is 35.0 Å². The highest BCUT2D eigenvalue weighted by molar-refractivity contribution is 7.22. The number of unbranched alkanes of at least 4 members (excludes halogenated alkanes) is 1. The van der Waals surface area contributed by atoms with E-state index < -0.39 is 17.7 Å². The fraction of sp³-hybridized carbons (Fsp3) is 0.258. The van der Waals surface area contributed by atoms with Gasteiger partial charge >= 0.3 is 5.91 Å². The van der Waals surface area contributed by atoms with E-state index in [9.17, 15) is 14.7 Å². The Kier molecular flexibility index (Phi) is 7.65. The zero-order valence-electron chi connectivity index (χ0n) is 22.1. The number of ether oxygens (including phenoxy) is 2. The number of aliphatic hydroxyl groups is 1. The second kappa shape index (κ2) is 11.3. The molecule has 0 saturated carbocycles. The van der Waals surface area contributed by atoms with Crippen molar-refractivity contribution in [2.75, 3.05) is 18.1 Å². The maximum Gasteiger partial charge on any atom is 0.301 e. The second-order valence-electron chi connectivity index (χ2n) is 9.37. The van der Waals surface area contributed by atoms with Crippen molar-refractivity contribution in [1.82, 2.24) is 4.98 Å². The van der Waals surface area contributed by atoms with Gasteiger partial charge in [0.2, 0.25) is 0 Å². The van der Waals surface area contributed by atoms with Gasteiger partial charge in [0.15, 0.2) is 5.13 Å². The van der Waals surface area contributed by atoms with E-state index in [1.54, 1.807) is 36.4 Å². The molecule has 1 aliphatic rings. The molecule has 39 heavy (non-hydrogen) atoms. The fourth-order valence-electron chi connectivity index (χ4n) is 4.60. The molecule has 1 aliphatic heterocycles. The van der Waals surface area contributed by atoms with Crippen LogP contribution in [0.1, 0.15) is 49.4 Å². The van der Waals surface area contributed by atoms with Crippen LogP contribution in [0, 0.1) is 6.92 Å². The minimum absolute atomic E-state index is 0.00491. The normalized spacial score (nSPS) is 16.7. The largest absolute Gasteiger partial charge is 0.507 e. The highest BCUT2D eigenvalue weighted by Crippen LogP contribution is 2.44. The summed E-state index contributed by atoms with van der Waals surface area (Å²) < 4.78 is 12.3. The summed E-state index contributed by atoms with van der Waals surface area (Å²) in [5.41, 5.74) is 2.88. The summed E-state index contributed by atoms with van der Waals surface area (Å²) in [5.74, 6) is -0.500. The van der Waals surface area contributed by atoms with Crippen LogP contribution in [0.3, 0.4) is 0 Å².